The van der Waals surface area contributed by atoms with Gasteiger partial charge in [-0.25, -0.2) is 9.80 Å². The molecule has 0 atom stereocenters. The van der Waals surface area contributed by atoms with Crippen molar-refractivity contribution in [2.45, 2.75) is 0 Å². The molecule has 0 bridgehead atoms. The van der Waals surface area contributed by atoms with Crippen molar-refractivity contribution >= 4 is 35.0 Å². The summed E-state index contributed by atoms with van der Waals surface area (Å²) in [4.78, 5) is 52.4. The molecule has 7 heteroatoms. The molecule has 7 nitrogen and oxygen atoms in total. The van der Waals surface area contributed by atoms with Crippen LogP contribution in [-0.2, 0) is 19.2 Å². The SMILES string of the molecule is O=C1C=CC(=O)N1c1ccncc1N1C(=O)C=CC1=O. The summed E-state index contributed by atoms with van der Waals surface area (Å²) in [6.07, 6.45) is 7.11. The van der Waals surface area contributed by atoms with Crippen LogP contribution in [0.25, 0.3) is 0 Å². The molecule has 3 rings (SSSR count). The van der Waals surface area contributed by atoms with Crippen molar-refractivity contribution in [3.8, 4) is 0 Å². The van der Waals surface area contributed by atoms with Crippen LogP contribution >= 0.6 is 0 Å². The van der Waals surface area contributed by atoms with Gasteiger partial charge in [0.05, 0.1) is 17.6 Å². The Hall–Kier alpha value is -3.09. The number of aromatic nitrogens is 1. The van der Waals surface area contributed by atoms with Gasteiger partial charge in [-0.2, -0.15) is 0 Å². The molecule has 0 aliphatic carbocycles. The number of nitrogens with zero attached hydrogens (tertiary/aromatic N) is 3. The number of carbonyl (C=O) groups is 4. The Kier molecular flexibility index (Phi) is 2.53. The van der Waals surface area contributed by atoms with E-state index >= 15 is 0 Å². The van der Waals surface area contributed by atoms with Gasteiger partial charge in [0.2, 0.25) is 0 Å². The van der Waals surface area contributed by atoms with E-state index in [0.717, 1.165) is 34.1 Å². The zero-order valence-corrected chi connectivity index (χ0v) is 10.0. The molecule has 98 valence electrons. The molecule has 0 saturated heterocycles. The van der Waals surface area contributed by atoms with Gasteiger partial charge in [-0.3, -0.25) is 24.2 Å². The van der Waals surface area contributed by atoms with Crippen molar-refractivity contribution in [3.63, 3.8) is 0 Å². The third kappa shape index (κ3) is 1.64. The summed E-state index contributed by atoms with van der Waals surface area (Å²) in [6, 6.07) is 1.40. The molecular formula is C13H7N3O4. The molecule has 0 N–H and O–H groups in total. The number of amides is 4. The normalized spacial score (nSPS) is 17.8. The number of hydrogen-bond acceptors (Lipinski definition) is 5. The quantitative estimate of drug-likeness (QED) is 0.702. The zero-order chi connectivity index (χ0) is 14.3. The van der Waals surface area contributed by atoms with E-state index in [2.05, 4.69) is 4.98 Å². The van der Waals surface area contributed by atoms with E-state index in [4.69, 9.17) is 0 Å². The average molecular weight is 269 g/mol. The Balaban J connectivity index is 2.10. The highest BCUT2D eigenvalue weighted by atomic mass is 16.2. The Bertz CT molecular complexity index is 623. The molecule has 0 aromatic carbocycles. The van der Waals surface area contributed by atoms with Crippen LogP contribution in [0.4, 0.5) is 11.4 Å². The van der Waals surface area contributed by atoms with Crippen LogP contribution in [0.15, 0.2) is 42.8 Å². The Morgan fingerprint density at radius 2 is 1.15 bits per heavy atom. The van der Waals surface area contributed by atoms with E-state index in [0.29, 0.717) is 0 Å². The van der Waals surface area contributed by atoms with Crippen LogP contribution in [0.3, 0.4) is 0 Å². The smallest absolute Gasteiger partial charge is 0.258 e. The highest BCUT2D eigenvalue weighted by molar-refractivity contribution is 6.33. The van der Waals surface area contributed by atoms with Crippen LogP contribution in [-0.4, -0.2) is 28.6 Å². The lowest BCUT2D eigenvalue weighted by Crippen LogP contribution is -2.35. The Morgan fingerprint density at radius 3 is 1.65 bits per heavy atom. The van der Waals surface area contributed by atoms with E-state index in [1.807, 2.05) is 0 Å². The highest BCUT2D eigenvalue weighted by Gasteiger charge is 2.33. The topological polar surface area (TPSA) is 87.7 Å². The second-order valence-electron chi connectivity index (χ2n) is 4.05. The third-order valence-electron chi connectivity index (χ3n) is 2.88. The monoisotopic (exact) mass is 269 g/mol. The first-order valence-corrected chi connectivity index (χ1v) is 5.66. The molecule has 3 heterocycles. The van der Waals surface area contributed by atoms with Crippen molar-refractivity contribution in [3.05, 3.63) is 42.8 Å². The molecule has 0 radical (unpaired) electrons. The van der Waals surface area contributed by atoms with Gasteiger partial charge in [-0.05, 0) is 6.07 Å². The van der Waals surface area contributed by atoms with Crippen molar-refractivity contribution in [1.82, 2.24) is 4.98 Å². The maximum Gasteiger partial charge on any atom is 0.258 e. The fraction of sp³-hybridized carbons (Fsp3) is 0. The molecule has 0 unspecified atom stereocenters. The maximum atomic E-state index is 11.7. The number of hydrogen-bond donors (Lipinski definition) is 0. The fourth-order valence-electron chi connectivity index (χ4n) is 2.02. The summed E-state index contributed by atoms with van der Waals surface area (Å²) in [7, 11) is 0. The van der Waals surface area contributed by atoms with E-state index in [9.17, 15) is 19.2 Å². The second kappa shape index (κ2) is 4.23. The fourth-order valence-corrected chi connectivity index (χ4v) is 2.02. The summed E-state index contributed by atoms with van der Waals surface area (Å²) in [6.45, 7) is 0. The standard InChI is InChI=1S/C13H7N3O4/c17-10-1-2-11(18)15(10)8-5-6-14-7-9(8)16-12(19)3-4-13(16)20/h1-7H. The lowest BCUT2D eigenvalue weighted by Gasteiger charge is -2.22. The van der Waals surface area contributed by atoms with Crippen molar-refractivity contribution in [1.29, 1.82) is 0 Å². The van der Waals surface area contributed by atoms with Gasteiger partial charge in [0.15, 0.2) is 0 Å². The molecule has 20 heavy (non-hydrogen) atoms. The van der Waals surface area contributed by atoms with Crippen LogP contribution in [0.1, 0.15) is 0 Å². The minimum absolute atomic E-state index is 0.0953. The molecule has 1 aromatic heterocycles. The molecule has 4 amide bonds. The van der Waals surface area contributed by atoms with Crippen molar-refractivity contribution in [2.24, 2.45) is 0 Å². The first-order valence-electron chi connectivity index (χ1n) is 5.66. The van der Waals surface area contributed by atoms with Crippen LogP contribution in [0, 0.1) is 0 Å². The number of imide groups is 2. The maximum absolute atomic E-state index is 11.7. The molecule has 0 spiro atoms. The first-order chi connectivity index (χ1) is 9.59. The van der Waals surface area contributed by atoms with Gasteiger partial charge in [0, 0.05) is 30.5 Å². The summed E-state index contributed by atoms with van der Waals surface area (Å²) < 4.78 is 0. The lowest BCUT2D eigenvalue weighted by atomic mass is 10.2. The second-order valence-corrected chi connectivity index (χ2v) is 4.05. The predicted molar refractivity (Wildman–Crippen MR) is 67.5 cm³/mol. The molecule has 2 aliphatic heterocycles. The minimum Gasteiger partial charge on any atom is -0.269 e. The zero-order valence-electron chi connectivity index (χ0n) is 10.0. The number of anilines is 2. The summed E-state index contributed by atoms with van der Waals surface area (Å²) in [5.41, 5.74) is 0.239. The predicted octanol–water partition coefficient (Wildman–Crippen LogP) is -0.0596. The van der Waals surface area contributed by atoms with Gasteiger partial charge in [-0.1, -0.05) is 0 Å². The molecule has 1 aromatic rings. The average Bonchev–Trinajstić information content (AvgIpc) is 2.93. The van der Waals surface area contributed by atoms with E-state index < -0.39 is 23.6 Å². The molecule has 2 aliphatic rings. The molecule has 0 saturated carbocycles. The number of pyridine rings is 1. The number of carbonyl (C=O) groups excluding carboxylic acids is 4. The summed E-state index contributed by atoms with van der Waals surface area (Å²) >= 11 is 0. The van der Waals surface area contributed by atoms with Gasteiger partial charge in [0.1, 0.15) is 0 Å². The molecular weight excluding hydrogens is 262 g/mol. The van der Waals surface area contributed by atoms with Crippen LogP contribution in [0.5, 0.6) is 0 Å². The largest absolute Gasteiger partial charge is 0.269 e. The van der Waals surface area contributed by atoms with Crippen molar-refractivity contribution < 1.29 is 19.2 Å². The Labute approximate surface area is 112 Å². The van der Waals surface area contributed by atoms with Gasteiger partial charge in [-0.15, -0.1) is 0 Å². The van der Waals surface area contributed by atoms with E-state index in [-0.39, 0.29) is 11.4 Å². The Morgan fingerprint density at radius 1 is 0.700 bits per heavy atom. The van der Waals surface area contributed by atoms with E-state index in [1.165, 1.54) is 18.5 Å². The third-order valence-corrected chi connectivity index (χ3v) is 2.88. The number of rotatable bonds is 2. The minimum atomic E-state index is -0.545. The van der Waals surface area contributed by atoms with Crippen molar-refractivity contribution in [2.75, 3.05) is 9.80 Å². The first kappa shape index (κ1) is 12.0. The van der Waals surface area contributed by atoms with Gasteiger partial charge < -0.3 is 0 Å². The highest BCUT2D eigenvalue weighted by Crippen LogP contribution is 2.32. The van der Waals surface area contributed by atoms with Crippen LogP contribution < -0.4 is 9.80 Å². The van der Waals surface area contributed by atoms with Gasteiger partial charge >= 0.3 is 0 Å². The molecule has 0 fully saturated rings. The lowest BCUT2D eigenvalue weighted by molar-refractivity contribution is -0.122. The van der Waals surface area contributed by atoms with E-state index in [1.54, 1.807) is 0 Å². The summed E-state index contributed by atoms with van der Waals surface area (Å²) in [5.74, 6) is -2.16. The van der Waals surface area contributed by atoms with Crippen LogP contribution in [0.2, 0.25) is 0 Å². The summed E-state index contributed by atoms with van der Waals surface area (Å²) in [5, 5.41) is 0. The van der Waals surface area contributed by atoms with Gasteiger partial charge in [0.25, 0.3) is 23.6 Å².